The van der Waals surface area contributed by atoms with Crippen LogP contribution in [-0.2, 0) is 14.1 Å². The smallest absolute Gasteiger partial charge is 0.332 e. The van der Waals surface area contributed by atoms with E-state index < -0.39 is 0 Å². The molecule has 13 heavy (non-hydrogen) atoms. The lowest BCUT2D eigenvalue weighted by molar-refractivity contribution is 0.709. The summed E-state index contributed by atoms with van der Waals surface area (Å²) in [5, 5.41) is 0. The molecule has 0 aliphatic rings. The lowest BCUT2D eigenvalue weighted by Crippen LogP contribution is -2.36. The van der Waals surface area contributed by atoms with Gasteiger partial charge in [-0.25, -0.2) is 9.78 Å². The molecule has 0 radical (unpaired) electrons. The number of fused-ring (bicyclic) bond motifs is 1. The molecule has 0 spiro atoms. The number of hydrogen-bond donors (Lipinski definition) is 1. The topological polar surface area (TPSA) is 72.7 Å². The molecule has 6 heteroatoms. The van der Waals surface area contributed by atoms with Crippen molar-refractivity contribution in [1.29, 1.82) is 0 Å². The Bertz CT molecular complexity index is 574. The highest BCUT2D eigenvalue weighted by atomic mass is 16.2. The average Bonchev–Trinajstić information content (AvgIpc) is 2.59. The SMILES string of the molecule is Cn1c(=O)c2[nH][14cH]nc2n(C)c1=O. The standard InChI is InChI=1S/C7H8N4O2/c1-10-5-4(8-3-9-5)6(12)11(2)7(10)13/h3H,1-2H3,(H,8,9)/i3+2. The molecule has 0 aliphatic carbocycles. The molecule has 6 nitrogen and oxygen atoms in total. The van der Waals surface area contributed by atoms with Crippen LogP contribution in [0.4, 0.5) is 0 Å². The zero-order chi connectivity index (χ0) is 9.59. The van der Waals surface area contributed by atoms with Gasteiger partial charge in [-0.1, -0.05) is 0 Å². The monoisotopic (exact) mass is 182 g/mol. The van der Waals surface area contributed by atoms with E-state index in [9.17, 15) is 9.59 Å². The largest absolute Gasteiger partial charge is 0.339 e. The van der Waals surface area contributed by atoms with Crippen molar-refractivity contribution in [2.45, 2.75) is 0 Å². The Balaban J connectivity index is 3.21. The molecule has 2 heterocycles. The molecule has 1 N–H and O–H groups in total. The minimum absolute atomic E-state index is 0.351. The van der Waals surface area contributed by atoms with Crippen molar-refractivity contribution in [2.24, 2.45) is 14.1 Å². The fourth-order valence-electron chi connectivity index (χ4n) is 1.27. The third kappa shape index (κ3) is 0.851. The Morgan fingerprint density at radius 3 is 2.69 bits per heavy atom. The summed E-state index contributed by atoms with van der Waals surface area (Å²) < 4.78 is 2.37. The van der Waals surface area contributed by atoms with Gasteiger partial charge in [0.15, 0.2) is 5.65 Å². The molecule has 0 saturated carbocycles. The molecule has 2 aromatic rings. The molecule has 0 aliphatic heterocycles. The summed E-state index contributed by atoms with van der Waals surface area (Å²) in [5.41, 5.74) is 0.0119. The van der Waals surface area contributed by atoms with Crippen molar-refractivity contribution in [3.05, 3.63) is 27.2 Å². The Morgan fingerprint density at radius 2 is 2.00 bits per heavy atom. The van der Waals surface area contributed by atoms with Gasteiger partial charge in [-0.15, -0.1) is 0 Å². The molecule has 0 saturated heterocycles. The minimum atomic E-state index is -0.371. The summed E-state index contributed by atoms with van der Waals surface area (Å²) in [6.07, 6.45) is 1.39. The van der Waals surface area contributed by atoms with E-state index in [1.165, 1.54) is 17.9 Å². The van der Waals surface area contributed by atoms with E-state index in [0.717, 1.165) is 4.57 Å². The van der Waals surface area contributed by atoms with Crippen LogP contribution in [0.2, 0.25) is 0 Å². The Morgan fingerprint density at radius 1 is 1.31 bits per heavy atom. The summed E-state index contributed by atoms with van der Waals surface area (Å²) in [6, 6.07) is 0. The van der Waals surface area contributed by atoms with Crippen LogP contribution in [0.5, 0.6) is 0 Å². The van der Waals surface area contributed by atoms with E-state index in [4.69, 9.17) is 0 Å². The zero-order valence-electron chi connectivity index (χ0n) is 7.24. The van der Waals surface area contributed by atoms with E-state index in [1.54, 1.807) is 7.05 Å². The number of H-pyrrole nitrogens is 1. The number of aromatic amines is 1. The van der Waals surface area contributed by atoms with Crippen molar-refractivity contribution in [3.8, 4) is 0 Å². The van der Waals surface area contributed by atoms with Crippen LogP contribution in [0.15, 0.2) is 15.9 Å². The highest BCUT2D eigenvalue weighted by molar-refractivity contribution is 5.68. The number of nitrogens with zero attached hydrogens (tertiary/aromatic N) is 3. The first-order valence-corrected chi connectivity index (χ1v) is 3.72. The summed E-state index contributed by atoms with van der Waals surface area (Å²) in [7, 11) is 3.01. The number of nitrogens with one attached hydrogen (secondary N) is 1. The van der Waals surface area contributed by atoms with Gasteiger partial charge in [-0.3, -0.25) is 13.9 Å². The molecule has 0 unspecified atom stereocenters. The molecule has 0 aromatic carbocycles. The van der Waals surface area contributed by atoms with Crippen LogP contribution in [-0.4, -0.2) is 19.1 Å². The van der Waals surface area contributed by atoms with Gasteiger partial charge in [-0.05, 0) is 0 Å². The van der Waals surface area contributed by atoms with Crippen LogP contribution < -0.4 is 11.2 Å². The molecule has 0 atom stereocenters. The third-order valence-electron chi connectivity index (χ3n) is 2.03. The van der Waals surface area contributed by atoms with Crippen molar-refractivity contribution in [2.75, 3.05) is 0 Å². The van der Waals surface area contributed by atoms with Crippen LogP contribution in [0, 0.1) is 0 Å². The van der Waals surface area contributed by atoms with E-state index in [2.05, 4.69) is 9.97 Å². The number of hydrogen-bond acceptors (Lipinski definition) is 3. The van der Waals surface area contributed by atoms with E-state index >= 15 is 0 Å². The number of aryl methyl sites for hydroxylation is 1. The van der Waals surface area contributed by atoms with Gasteiger partial charge < -0.3 is 4.98 Å². The Labute approximate surface area is 72.5 Å². The molecule has 2 rings (SSSR count). The maximum absolute atomic E-state index is 11.4. The molecule has 0 fully saturated rings. The van der Waals surface area contributed by atoms with E-state index in [1.807, 2.05) is 0 Å². The first-order chi connectivity index (χ1) is 6.13. The van der Waals surface area contributed by atoms with Crippen LogP contribution in [0.3, 0.4) is 0 Å². The first kappa shape index (κ1) is 7.78. The zero-order valence-corrected chi connectivity index (χ0v) is 7.24. The predicted octanol–water partition coefficient (Wildman–Crippen LogP) is -1.04. The molecular weight excluding hydrogens is 174 g/mol. The second-order valence-corrected chi connectivity index (χ2v) is 2.81. The lowest BCUT2D eigenvalue weighted by atomic mass is 10.5. The predicted molar refractivity (Wildman–Crippen MR) is 46.6 cm³/mol. The summed E-state index contributed by atoms with van der Waals surface area (Å²) in [5.74, 6) is 0. The number of imidazole rings is 1. The van der Waals surface area contributed by atoms with E-state index in [0.29, 0.717) is 11.2 Å². The molecule has 0 bridgehead atoms. The highest BCUT2D eigenvalue weighted by Crippen LogP contribution is 1.97. The van der Waals surface area contributed by atoms with Crippen molar-refractivity contribution in [3.63, 3.8) is 0 Å². The van der Waals surface area contributed by atoms with Gasteiger partial charge in [0.05, 0.1) is 6.33 Å². The fourth-order valence-corrected chi connectivity index (χ4v) is 1.27. The average molecular weight is 182 g/mol. The van der Waals surface area contributed by atoms with Crippen LogP contribution >= 0.6 is 0 Å². The molecular formula is C7H8N4O2. The highest BCUT2D eigenvalue weighted by Gasteiger charge is 2.08. The first-order valence-electron chi connectivity index (χ1n) is 3.72. The maximum Gasteiger partial charge on any atom is 0.332 e. The van der Waals surface area contributed by atoms with Gasteiger partial charge >= 0.3 is 5.69 Å². The number of aromatic nitrogens is 4. The van der Waals surface area contributed by atoms with Crippen LogP contribution in [0.25, 0.3) is 11.2 Å². The van der Waals surface area contributed by atoms with Gasteiger partial charge in [0.1, 0.15) is 5.52 Å². The summed E-state index contributed by atoms with van der Waals surface area (Å²) in [4.78, 5) is 29.4. The van der Waals surface area contributed by atoms with Gasteiger partial charge in [0.25, 0.3) is 5.56 Å². The normalized spacial score (nSPS) is 10.9. The summed E-state index contributed by atoms with van der Waals surface area (Å²) >= 11 is 0. The molecule has 68 valence electrons. The van der Waals surface area contributed by atoms with Crippen LogP contribution in [0.1, 0.15) is 0 Å². The maximum atomic E-state index is 11.4. The molecule has 2 aromatic heterocycles. The lowest BCUT2D eigenvalue weighted by Gasteiger charge is -2.00. The number of rotatable bonds is 0. The van der Waals surface area contributed by atoms with Crippen molar-refractivity contribution >= 4 is 11.2 Å². The van der Waals surface area contributed by atoms with Gasteiger partial charge in [0.2, 0.25) is 0 Å². The van der Waals surface area contributed by atoms with Crippen molar-refractivity contribution < 1.29 is 0 Å². The fraction of sp³-hybridized carbons (Fsp3) is 0.286. The third-order valence-corrected chi connectivity index (χ3v) is 2.03. The van der Waals surface area contributed by atoms with Gasteiger partial charge in [-0.2, -0.15) is 0 Å². The summed E-state index contributed by atoms with van der Waals surface area (Å²) in [6.45, 7) is 0. The Hall–Kier alpha value is -1.85. The second kappa shape index (κ2) is 2.32. The minimum Gasteiger partial charge on any atom is -0.339 e. The molecule has 0 amide bonds. The second-order valence-electron chi connectivity index (χ2n) is 2.81. The van der Waals surface area contributed by atoms with Gasteiger partial charge in [0, 0.05) is 14.1 Å². The quantitative estimate of drug-likeness (QED) is 0.565. The Kier molecular flexibility index (Phi) is 1.39. The van der Waals surface area contributed by atoms with Crippen molar-refractivity contribution in [1.82, 2.24) is 19.1 Å². The van der Waals surface area contributed by atoms with E-state index in [-0.39, 0.29) is 11.2 Å².